The Morgan fingerprint density at radius 2 is 2.09 bits per heavy atom. The summed E-state index contributed by atoms with van der Waals surface area (Å²) in [5.41, 5.74) is 6.94. The Bertz CT molecular complexity index is 649. The van der Waals surface area contributed by atoms with E-state index in [2.05, 4.69) is 60.4 Å². The van der Waals surface area contributed by atoms with Crippen LogP contribution < -0.4 is 16.0 Å². The number of benzene rings is 1. The van der Waals surface area contributed by atoms with Crippen LogP contribution >= 0.6 is 27.5 Å². The summed E-state index contributed by atoms with van der Waals surface area (Å²) >= 11 is 9.56. The van der Waals surface area contributed by atoms with E-state index in [9.17, 15) is 0 Å². The predicted molar refractivity (Wildman–Crippen MR) is 94.4 cm³/mol. The minimum Gasteiger partial charge on any atom is -0.382 e. The number of nitrogen functional groups attached to an aromatic ring is 1. The van der Waals surface area contributed by atoms with Crippen molar-refractivity contribution < 1.29 is 0 Å². The molecule has 0 saturated carbocycles. The van der Waals surface area contributed by atoms with Crippen molar-refractivity contribution in [3.63, 3.8) is 0 Å². The maximum atomic E-state index is 6.09. The maximum Gasteiger partial charge on any atom is 0.150 e. The Balaban J connectivity index is 1.57. The molecule has 1 aliphatic heterocycles. The molecule has 0 aliphatic carbocycles. The number of rotatable bonds is 4. The summed E-state index contributed by atoms with van der Waals surface area (Å²) in [6, 6.07) is 8.43. The molecule has 5 nitrogen and oxygen atoms in total. The molecule has 3 rings (SSSR count). The van der Waals surface area contributed by atoms with Gasteiger partial charge in [0.2, 0.25) is 0 Å². The second-order valence-electron chi connectivity index (χ2n) is 5.38. The highest BCUT2D eigenvalue weighted by molar-refractivity contribution is 9.10. The van der Waals surface area contributed by atoms with Crippen LogP contribution in [0.4, 0.5) is 17.3 Å². The average molecular weight is 383 g/mol. The average Bonchev–Trinajstić information content (AvgIpc) is 2.98. The highest BCUT2D eigenvalue weighted by Crippen LogP contribution is 2.27. The Morgan fingerprint density at radius 1 is 1.32 bits per heavy atom. The number of hydrogen-bond donors (Lipinski definition) is 2. The van der Waals surface area contributed by atoms with E-state index in [0.29, 0.717) is 22.6 Å². The van der Waals surface area contributed by atoms with Crippen molar-refractivity contribution in [2.24, 2.45) is 5.92 Å². The van der Waals surface area contributed by atoms with Crippen LogP contribution in [0.15, 0.2) is 35.1 Å². The van der Waals surface area contributed by atoms with E-state index in [1.54, 1.807) is 0 Å². The minimum absolute atomic E-state index is 0.307. The lowest BCUT2D eigenvalue weighted by molar-refractivity contribution is 0.621. The Morgan fingerprint density at radius 3 is 2.86 bits per heavy atom. The van der Waals surface area contributed by atoms with Crippen molar-refractivity contribution in [1.29, 1.82) is 0 Å². The molecule has 116 valence electrons. The van der Waals surface area contributed by atoms with Gasteiger partial charge in [-0.2, -0.15) is 0 Å². The molecule has 0 bridgehead atoms. The zero-order chi connectivity index (χ0) is 15.5. The van der Waals surface area contributed by atoms with Crippen LogP contribution in [0.3, 0.4) is 0 Å². The molecule has 0 amide bonds. The van der Waals surface area contributed by atoms with Crippen LogP contribution in [0.25, 0.3) is 0 Å². The third kappa shape index (κ3) is 3.44. The number of nitrogens with one attached hydrogen (secondary N) is 1. The first-order valence-corrected chi connectivity index (χ1v) is 8.31. The molecule has 1 fully saturated rings. The van der Waals surface area contributed by atoms with Gasteiger partial charge in [0.1, 0.15) is 23.0 Å². The van der Waals surface area contributed by atoms with E-state index in [4.69, 9.17) is 17.3 Å². The quantitative estimate of drug-likeness (QED) is 0.848. The molecule has 0 radical (unpaired) electrons. The lowest BCUT2D eigenvalue weighted by Gasteiger charge is -2.19. The monoisotopic (exact) mass is 381 g/mol. The molecule has 22 heavy (non-hydrogen) atoms. The van der Waals surface area contributed by atoms with E-state index in [1.807, 2.05) is 0 Å². The van der Waals surface area contributed by atoms with Crippen LogP contribution in [-0.4, -0.2) is 29.6 Å². The topological polar surface area (TPSA) is 67.1 Å². The van der Waals surface area contributed by atoms with E-state index >= 15 is 0 Å². The van der Waals surface area contributed by atoms with Crippen LogP contribution in [0.1, 0.15) is 6.42 Å². The molecule has 3 N–H and O–H groups in total. The van der Waals surface area contributed by atoms with Crippen molar-refractivity contribution in [3.8, 4) is 0 Å². The van der Waals surface area contributed by atoms with Gasteiger partial charge in [0.05, 0.1) is 0 Å². The van der Waals surface area contributed by atoms with Crippen LogP contribution in [0.2, 0.25) is 5.02 Å². The van der Waals surface area contributed by atoms with Crippen LogP contribution in [0, 0.1) is 5.92 Å². The van der Waals surface area contributed by atoms with Gasteiger partial charge in [0.15, 0.2) is 0 Å². The van der Waals surface area contributed by atoms with E-state index in [1.165, 1.54) is 12.0 Å². The summed E-state index contributed by atoms with van der Waals surface area (Å²) in [5, 5.41) is 3.67. The van der Waals surface area contributed by atoms with Gasteiger partial charge in [0, 0.05) is 29.8 Å². The fourth-order valence-corrected chi connectivity index (χ4v) is 3.06. The molecular weight excluding hydrogens is 366 g/mol. The summed E-state index contributed by atoms with van der Waals surface area (Å²) in [5.74, 6) is 1.47. The summed E-state index contributed by atoms with van der Waals surface area (Å²) in [7, 11) is 0. The molecule has 1 aliphatic rings. The molecule has 0 spiro atoms. The lowest BCUT2D eigenvalue weighted by Crippen LogP contribution is -2.22. The van der Waals surface area contributed by atoms with E-state index in [-0.39, 0.29) is 0 Å². The molecule has 1 aromatic heterocycles. The number of aromatic nitrogens is 2. The van der Waals surface area contributed by atoms with Gasteiger partial charge in [-0.1, -0.05) is 27.5 Å². The minimum atomic E-state index is 0.307. The normalized spacial score (nSPS) is 17.7. The molecule has 1 aromatic carbocycles. The van der Waals surface area contributed by atoms with Crippen molar-refractivity contribution in [2.75, 3.05) is 35.6 Å². The molecule has 1 atom stereocenters. The van der Waals surface area contributed by atoms with E-state index in [0.717, 1.165) is 30.5 Å². The zero-order valence-electron chi connectivity index (χ0n) is 12.0. The van der Waals surface area contributed by atoms with Gasteiger partial charge < -0.3 is 16.0 Å². The predicted octanol–water partition coefficient (Wildman–Crippen LogP) is 3.41. The number of anilines is 3. The summed E-state index contributed by atoms with van der Waals surface area (Å²) in [6.45, 7) is 2.91. The largest absolute Gasteiger partial charge is 0.382 e. The summed E-state index contributed by atoms with van der Waals surface area (Å²) < 4.78 is 1.10. The number of hydrogen-bond acceptors (Lipinski definition) is 5. The Labute approximate surface area is 143 Å². The summed E-state index contributed by atoms with van der Waals surface area (Å²) in [4.78, 5) is 10.4. The standard InChI is InChI=1S/C15H17BrClN5/c16-11-1-3-12(4-2-11)22-6-5-10(8-22)7-19-15-13(17)14(18)20-9-21-15/h1-4,9-10H,5-8H2,(H3,18,19,20,21). The first-order valence-electron chi connectivity index (χ1n) is 7.14. The zero-order valence-corrected chi connectivity index (χ0v) is 14.3. The SMILES string of the molecule is Nc1ncnc(NCC2CCN(c3ccc(Br)cc3)C2)c1Cl. The van der Waals surface area contributed by atoms with Crippen LogP contribution in [-0.2, 0) is 0 Å². The highest BCUT2D eigenvalue weighted by Gasteiger charge is 2.23. The molecular formula is C15H17BrClN5. The lowest BCUT2D eigenvalue weighted by atomic mass is 10.1. The van der Waals surface area contributed by atoms with Gasteiger partial charge in [-0.25, -0.2) is 9.97 Å². The molecule has 1 unspecified atom stereocenters. The Kier molecular flexibility index (Phi) is 4.69. The molecule has 2 aromatic rings. The number of nitrogens with zero attached hydrogens (tertiary/aromatic N) is 3. The molecule has 1 saturated heterocycles. The maximum absolute atomic E-state index is 6.09. The highest BCUT2D eigenvalue weighted by atomic mass is 79.9. The fourth-order valence-electron chi connectivity index (χ4n) is 2.63. The molecule has 7 heteroatoms. The van der Waals surface area contributed by atoms with Crippen LogP contribution in [0.5, 0.6) is 0 Å². The number of halogens is 2. The first-order chi connectivity index (χ1) is 10.6. The smallest absolute Gasteiger partial charge is 0.150 e. The van der Waals surface area contributed by atoms with Gasteiger partial charge >= 0.3 is 0 Å². The third-order valence-corrected chi connectivity index (χ3v) is 4.75. The second-order valence-corrected chi connectivity index (χ2v) is 6.67. The van der Waals surface area contributed by atoms with Crippen molar-refractivity contribution >= 4 is 44.9 Å². The Hall–Kier alpha value is -1.53. The third-order valence-electron chi connectivity index (χ3n) is 3.85. The number of nitrogens with two attached hydrogens (primary N) is 1. The fraction of sp³-hybridized carbons (Fsp3) is 0.333. The van der Waals surface area contributed by atoms with Gasteiger partial charge in [0.25, 0.3) is 0 Å². The molecule has 2 heterocycles. The van der Waals surface area contributed by atoms with Crippen molar-refractivity contribution in [2.45, 2.75) is 6.42 Å². The van der Waals surface area contributed by atoms with Gasteiger partial charge in [-0.3, -0.25) is 0 Å². The van der Waals surface area contributed by atoms with Crippen molar-refractivity contribution in [3.05, 3.63) is 40.1 Å². The van der Waals surface area contributed by atoms with Gasteiger partial charge in [-0.05, 0) is 36.6 Å². The van der Waals surface area contributed by atoms with Gasteiger partial charge in [-0.15, -0.1) is 0 Å². The second kappa shape index (κ2) is 6.71. The summed E-state index contributed by atoms with van der Waals surface area (Å²) in [6.07, 6.45) is 2.56. The first kappa shape index (κ1) is 15.4. The van der Waals surface area contributed by atoms with Crippen molar-refractivity contribution in [1.82, 2.24) is 9.97 Å². The van der Waals surface area contributed by atoms with E-state index < -0.39 is 0 Å².